The van der Waals surface area contributed by atoms with E-state index in [1.165, 1.54) is 18.4 Å². The summed E-state index contributed by atoms with van der Waals surface area (Å²) < 4.78 is 28.7. The Morgan fingerprint density at radius 3 is 2.35 bits per heavy atom. The third-order valence-corrected chi connectivity index (χ3v) is 9.14. The molecule has 10 heteroatoms. The van der Waals surface area contributed by atoms with Crippen LogP contribution in [0.15, 0.2) is 53.4 Å². The van der Waals surface area contributed by atoms with Crippen molar-refractivity contribution in [1.82, 2.24) is 9.88 Å². The van der Waals surface area contributed by atoms with Crippen LogP contribution >= 0.6 is 11.3 Å². The van der Waals surface area contributed by atoms with Crippen LogP contribution in [0, 0.1) is 5.92 Å². The molecule has 1 aliphatic rings. The molecule has 0 spiro atoms. The zero-order valence-corrected chi connectivity index (χ0v) is 23.0. The lowest BCUT2D eigenvalue weighted by atomic mass is 10.0. The highest BCUT2D eigenvalue weighted by Crippen LogP contribution is 2.43. The molecule has 37 heavy (non-hydrogen) atoms. The molecule has 1 aromatic heterocycles. The molecule has 1 aliphatic heterocycles. The van der Waals surface area contributed by atoms with E-state index < -0.39 is 9.84 Å². The molecule has 0 saturated carbocycles. The van der Waals surface area contributed by atoms with E-state index in [0.717, 1.165) is 34.8 Å². The number of sulfone groups is 1. The first-order valence-corrected chi connectivity index (χ1v) is 14.6. The van der Waals surface area contributed by atoms with Crippen molar-refractivity contribution in [3.05, 3.63) is 75.8 Å². The predicted octanol–water partition coefficient (Wildman–Crippen LogP) is 4.62. The first-order valence-electron chi connectivity index (χ1n) is 12.1. The molecule has 0 unspecified atom stereocenters. The van der Waals surface area contributed by atoms with Crippen molar-refractivity contribution >= 4 is 38.2 Å². The van der Waals surface area contributed by atoms with Gasteiger partial charge in [-0.2, -0.15) is 0 Å². The van der Waals surface area contributed by atoms with Crippen LogP contribution in [-0.4, -0.2) is 43.0 Å². The van der Waals surface area contributed by atoms with Crippen LogP contribution in [0.3, 0.4) is 0 Å². The number of nitrogens with zero attached hydrogens (tertiary/aromatic N) is 2. The molecule has 1 atom stereocenters. The number of benzene rings is 2. The number of carbonyl (C=O) groups excluding carboxylic acids is 2. The van der Waals surface area contributed by atoms with Crippen molar-refractivity contribution in [1.29, 1.82) is 0 Å². The number of rotatable bonds is 9. The normalized spacial score (nSPS) is 15.5. The number of anilines is 1. The lowest BCUT2D eigenvalue weighted by Crippen LogP contribution is -2.26. The van der Waals surface area contributed by atoms with E-state index in [4.69, 9.17) is 9.72 Å². The van der Waals surface area contributed by atoms with Gasteiger partial charge in [-0.25, -0.2) is 18.2 Å². The Morgan fingerprint density at radius 2 is 1.76 bits per heavy atom. The molecular weight excluding hydrogens is 510 g/mol. The summed E-state index contributed by atoms with van der Waals surface area (Å²) in [5.41, 5.74) is 3.35. The Morgan fingerprint density at radius 1 is 1.11 bits per heavy atom. The highest BCUT2D eigenvalue weighted by Gasteiger charge is 2.36. The zero-order chi connectivity index (χ0) is 26.7. The molecule has 4 rings (SSSR count). The molecular formula is C27H31N3O5S2. The number of thiazole rings is 1. The first kappa shape index (κ1) is 27.0. The summed E-state index contributed by atoms with van der Waals surface area (Å²) in [6.45, 7) is 7.38. The summed E-state index contributed by atoms with van der Waals surface area (Å²) in [6.07, 6.45) is 0.137. The van der Waals surface area contributed by atoms with Crippen LogP contribution < -0.4 is 5.32 Å². The predicted molar refractivity (Wildman–Crippen MR) is 143 cm³/mol. The molecule has 0 bridgehead atoms. The van der Waals surface area contributed by atoms with E-state index in [-0.39, 0.29) is 35.0 Å². The van der Waals surface area contributed by atoms with Gasteiger partial charge in [-0.1, -0.05) is 45.0 Å². The molecule has 2 heterocycles. The number of nitrogens with one attached hydrogen (secondary N) is 1. The molecule has 0 radical (unpaired) electrons. The maximum atomic E-state index is 12.7. The van der Waals surface area contributed by atoms with Gasteiger partial charge in [0.2, 0.25) is 5.91 Å². The highest BCUT2D eigenvalue weighted by atomic mass is 32.2. The lowest BCUT2D eigenvalue weighted by molar-refractivity contribution is -0.115. The summed E-state index contributed by atoms with van der Waals surface area (Å²) in [6, 6.07) is 14.0. The molecule has 3 aromatic rings. The van der Waals surface area contributed by atoms with Crippen LogP contribution in [-0.2, 0) is 38.9 Å². The highest BCUT2D eigenvalue weighted by molar-refractivity contribution is 7.91. The van der Waals surface area contributed by atoms with Crippen molar-refractivity contribution < 1.29 is 22.7 Å². The molecule has 196 valence electrons. The third kappa shape index (κ3) is 6.08. The van der Waals surface area contributed by atoms with Crippen LogP contribution in [0.1, 0.15) is 58.9 Å². The van der Waals surface area contributed by atoms with Gasteiger partial charge < -0.3 is 10.1 Å². The van der Waals surface area contributed by atoms with Gasteiger partial charge in [-0.3, -0.25) is 9.69 Å². The minimum Gasteiger partial charge on any atom is -0.465 e. The summed E-state index contributed by atoms with van der Waals surface area (Å²) in [5.74, 6) is -0.186. The summed E-state index contributed by atoms with van der Waals surface area (Å²) in [5, 5.41) is 3.49. The number of fused-ring (bicyclic) bond motifs is 1. The Labute approximate surface area is 221 Å². The number of esters is 1. The second-order valence-electron chi connectivity index (χ2n) is 9.38. The molecule has 2 aromatic carbocycles. The summed E-state index contributed by atoms with van der Waals surface area (Å²) in [4.78, 5) is 32.9. The maximum absolute atomic E-state index is 12.7. The van der Waals surface area contributed by atoms with E-state index in [1.54, 1.807) is 43.3 Å². The van der Waals surface area contributed by atoms with Gasteiger partial charge >= 0.3 is 5.97 Å². The Bertz CT molecular complexity index is 1380. The van der Waals surface area contributed by atoms with E-state index in [9.17, 15) is 18.0 Å². The number of carbonyl (C=O) groups is 2. The second kappa shape index (κ2) is 11.1. The second-order valence-corrected chi connectivity index (χ2v) is 12.7. The number of methoxy groups -OCH3 is 1. The van der Waals surface area contributed by atoms with Crippen LogP contribution in [0.25, 0.3) is 0 Å². The first-order chi connectivity index (χ1) is 17.6. The Hall–Kier alpha value is -3.08. The van der Waals surface area contributed by atoms with Gasteiger partial charge in [0.1, 0.15) is 0 Å². The smallest absolute Gasteiger partial charge is 0.337 e. The fraction of sp³-hybridized carbons (Fsp3) is 0.370. The van der Waals surface area contributed by atoms with E-state index >= 15 is 0 Å². The van der Waals surface area contributed by atoms with E-state index in [1.807, 2.05) is 12.1 Å². The van der Waals surface area contributed by atoms with Gasteiger partial charge in [0.15, 0.2) is 15.0 Å². The van der Waals surface area contributed by atoms with Crippen molar-refractivity contribution in [3.8, 4) is 0 Å². The van der Waals surface area contributed by atoms with Crippen LogP contribution in [0.2, 0.25) is 0 Å². The summed E-state index contributed by atoms with van der Waals surface area (Å²) >= 11 is 1.49. The van der Waals surface area contributed by atoms with Gasteiger partial charge in [0.25, 0.3) is 0 Å². The van der Waals surface area contributed by atoms with Crippen LogP contribution in [0.5, 0.6) is 0 Å². The molecule has 8 nitrogen and oxygen atoms in total. The van der Waals surface area contributed by atoms with E-state index in [0.29, 0.717) is 16.6 Å². The lowest BCUT2D eigenvalue weighted by Gasteiger charge is -2.27. The fourth-order valence-electron chi connectivity index (χ4n) is 4.54. The van der Waals surface area contributed by atoms with E-state index in [2.05, 4.69) is 24.1 Å². The minimum absolute atomic E-state index is 0.0397. The monoisotopic (exact) mass is 541 g/mol. The maximum Gasteiger partial charge on any atom is 0.337 e. The van der Waals surface area contributed by atoms with Gasteiger partial charge in [0, 0.05) is 18.0 Å². The van der Waals surface area contributed by atoms with Gasteiger partial charge in [-0.15, -0.1) is 11.3 Å². The largest absolute Gasteiger partial charge is 0.465 e. The molecule has 0 saturated heterocycles. The number of ether oxygens (including phenoxy) is 1. The third-order valence-electron chi connectivity index (χ3n) is 6.41. The van der Waals surface area contributed by atoms with Crippen LogP contribution in [0.4, 0.5) is 5.13 Å². The molecule has 1 N–H and O–H groups in total. The van der Waals surface area contributed by atoms with Crippen molar-refractivity contribution in [2.75, 3.05) is 18.2 Å². The molecule has 0 fully saturated rings. The van der Waals surface area contributed by atoms with Gasteiger partial charge in [0.05, 0.1) is 41.5 Å². The summed E-state index contributed by atoms with van der Waals surface area (Å²) in [7, 11) is -1.90. The molecule has 1 amide bonds. The number of amides is 1. The zero-order valence-electron chi connectivity index (χ0n) is 21.4. The Kier molecular flexibility index (Phi) is 8.11. The standard InChI is InChI=1S/C27H31N3O5S2/c1-5-37(33,34)21-12-8-18(9-13-21)14-23(31)28-27-29-24-22(36-27)16-30(25(24)17(2)3)15-19-6-10-20(11-7-19)26(32)35-4/h6-13,17,25H,5,14-16H2,1-4H3,(H,28,29,31)/t25-/m0/s1. The molecule has 0 aliphatic carbocycles. The van der Waals surface area contributed by atoms with Crippen molar-refractivity contribution in [2.24, 2.45) is 5.92 Å². The number of hydrogen-bond donors (Lipinski definition) is 1. The van der Waals surface area contributed by atoms with Gasteiger partial charge in [-0.05, 0) is 41.3 Å². The number of hydrogen-bond acceptors (Lipinski definition) is 8. The average Bonchev–Trinajstić information content (AvgIpc) is 3.40. The minimum atomic E-state index is -3.27. The quantitative estimate of drug-likeness (QED) is 0.394. The van der Waals surface area contributed by atoms with Crippen molar-refractivity contribution in [3.63, 3.8) is 0 Å². The average molecular weight is 542 g/mol. The Balaban J connectivity index is 1.40. The van der Waals surface area contributed by atoms with Crippen molar-refractivity contribution in [2.45, 2.75) is 51.2 Å². The fourth-order valence-corrected chi connectivity index (χ4v) is 6.47. The topological polar surface area (TPSA) is 106 Å². The number of aromatic nitrogens is 1. The SMILES string of the molecule is CCS(=O)(=O)c1ccc(CC(=O)Nc2nc3c(s2)CN(Cc2ccc(C(=O)OC)cc2)[C@H]3C(C)C)cc1.